The van der Waals surface area contributed by atoms with Crippen molar-refractivity contribution in [1.82, 2.24) is 0 Å². The van der Waals surface area contributed by atoms with Crippen LogP contribution in [0.1, 0.15) is 22.4 Å². The second kappa shape index (κ2) is 8.09. The quantitative estimate of drug-likeness (QED) is 0.693. The highest BCUT2D eigenvalue weighted by Crippen LogP contribution is 2.24. The third kappa shape index (κ3) is 4.46. The molecule has 0 spiro atoms. The van der Waals surface area contributed by atoms with Gasteiger partial charge in [-0.25, -0.2) is 0 Å². The van der Waals surface area contributed by atoms with E-state index in [1.807, 2.05) is 12.1 Å². The third-order valence-electron chi connectivity index (χ3n) is 5.51. The fraction of sp³-hybridized carbons (Fsp3) is 0.450. The Labute approximate surface area is 163 Å². The van der Waals surface area contributed by atoms with E-state index in [0.29, 0.717) is 6.54 Å². The van der Waals surface area contributed by atoms with Gasteiger partial charge in [0.05, 0.1) is 9.21 Å². The number of carbonyl (C=O) groups excluding carboxylic acids is 1. The van der Waals surface area contributed by atoms with Crippen LogP contribution in [0.5, 0.6) is 0 Å². The molecule has 2 heterocycles. The summed E-state index contributed by atoms with van der Waals surface area (Å²) < 4.78 is 0.867. The van der Waals surface area contributed by atoms with Gasteiger partial charge in [-0.15, -0.1) is 11.3 Å². The number of carbonyl (C=O) groups is 1. The van der Waals surface area contributed by atoms with Crippen molar-refractivity contribution in [3.05, 3.63) is 50.7 Å². The van der Waals surface area contributed by atoms with E-state index in [9.17, 15) is 4.79 Å². The van der Waals surface area contributed by atoms with Gasteiger partial charge in [-0.3, -0.25) is 4.79 Å². The summed E-state index contributed by atoms with van der Waals surface area (Å²) in [6, 6.07) is 10.5. The van der Waals surface area contributed by atoms with Crippen LogP contribution in [0.25, 0.3) is 0 Å². The van der Waals surface area contributed by atoms with Crippen molar-refractivity contribution < 1.29 is 14.6 Å². The van der Waals surface area contributed by atoms with Gasteiger partial charge in [0.25, 0.3) is 5.91 Å². The van der Waals surface area contributed by atoms with Crippen molar-refractivity contribution in [2.75, 3.05) is 38.0 Å². The fourth-order valence-electron chi connectivity index (χ4n) is 4.09. The molecule has 1 fully saturated rings. The maximum absolute atomic E-state index is 12.4. The maximum atomic E-state index is 12.4. The van der Waals surface area contributed by atoms with E-state index in [4.69, 9.17) is 11.6 Å². The Kier molecular flexibility index (Phi) is 5.60. The molecule has 6 heteroatoms. The van der Waals surface area contributed by atoms with Crippen LogP contribution in [0.4, 0.5) is 5.69 Å². The molecule has 4 rings (SSSR count). The van der Waals surface area contributed by atoms with Crippen molar-refractivity contribution in [1.29, 1.82) is 0 Å². The number of quaternary nitrogens is 2. The summed E-state index contributed by atoms with van der Waals surface area (Å²) in [5.74, 6) is 0.131. The molecule has 1 aliphatic carbocycles. The van der Waals surface area contributed by atoms with Gasteiger partial charge in [0.2, 0.25) is 0 Å². The summed E-state index contributed by atoms with van der Waals surface area (Å²) >= 11 is 7.69. The van der Waals surface area contributed by atoms with E-state index < -0.39 is 0 Å². The number of benzene rings is 1. The van der Waals surface area contributed by atoms with Crippen LogP contribution in [0.2, 0.25) is 4.34 Å². The van der Waals surface area contributed by atoms with Crippen LogP contribution in [0, 0.1) is 0 Å². The average Bonchev–Trinajstić information content (AvgIpc) is 3.25. The lowest BCUT2D eigenvalue weighted by Crippen LogP contribution is -3.28. The van der Waals surface area contributed by atoms with Crippen LogP contribution in [-0.4, -0.2) is 38.6 Å². The molecule has 1 saturated heterocycles. The van der Waals surface area contributed by atoms with Gasteiger partial charge >= 0.3 is 0 Å². The second-order valence-corrected chi connectivity index (χ2v) is 9.24. The average molecular weight is 392 g/mol. The molecule has 1 aromatic carbocycles. The zero-order chi connectivity index (χ0) is 17.9. The summed E-state index contributed by atoms with van der Waals surface area (Å²) in [6.45, 7) is 5.92. The molecule has 138 valence electrons. The summed E-state index contributed by atoms with van der Waals surface area (Å²) in [6.07, 6.45) is 3.56. The molecule has 1 amide bonds. The molecule has 3 N–H and O–H groups in total. The van der Waals surface area contributed by atoms with E-state index in [0.717, 1.165) is 49.2 Å². The number of anilines is 1. The molecular weight excluding hydrogens is 366 g/mol. The molecule has 0 bridgehead atoms. The van der Waals surface area contributed by atoms with E-state index in [1.54, 1.807) is 16.2 Å². The lowest BCUT2D eigenvalue weighted by molar-refractivity contribution is -1.01. The minimum Gasteiger partial charge on any atom is -0.321 e. The van der Waals surface area contributed by atoms with Gasteiger partial charge in [0, 0.05) is 5.69 Å². The molecular formula is C20H26ClN3OS+2. The minimum absolute atomic E-state index is 0.131. The number of aryl methyl sites for hydroxylation is 2. The van der Waals surface area contributed by atoms with Crippen molar-refractivity contribution in [2.24, 2.45) is 0 Å². The predicted molar refractivity (Wildman–Crippen MR) is 106 cm³/mol. The number of fused-ring (bicyclic) bond motifs is 1. The largest absolute Gasteiger partial charge is 0.321 e. The monoisotopic (exact) mass is 391 g/mol. The van der Waals surface area contributed by atoms with Crippen LogP contribution in [0.3, 0.4) is 0 Å². The van der Waals surface area contributed by atoms with Crippen LogP contribution in [-0.2, 0) is 24.2 Å². The minimum atomic E-state index is 0.131. The number of nitrogens with one attached hydrogen (secondary N) is 3. The molecule has 0 unspecified atom stereocenters. The fourth-order valence-corrected chi connectivity index (χ4v) is 5.24. The molecule has 26 heavy (non-hydrogen) atoms. The SMILES string of the molecule is O=C(C[NH+]1CC[NH+](Cc2ccc(Cl)s2)CC1)Nc1ccc2c(c1)CCC2. The Morgan fingerprint density at radius 1 is 1.04 bits per heavy atom. The number of thiophene rings is 1. The first-order valence-corrected chi connectivity index (χ1v) is 10.7. The van der Waals surface area contributed by atoms with Crippen LogP contribution < -0.4 is 15.1 Å². The predicted octanol–water partition coefficient (Wildman–Crippen LogP) is 0.812. The van der Waals surface area contributed by atoms with Crippen molar-refractivity contribution in [3.63, 3.8) is 0 Å². The van der Waals surface area contributed by atoms with Gasteiger partial charge in [0.1, 0.15) is 32.7 Å². The Balaban J connectivity index is 1.23. The summed E-state index contributed by atoms with van der Waals surface area (Å²) in [7, 11) is 0. The van der Waals surface area contributed by atoms with Crippen LogP contribution in [0.15, 0.2) is 30.3 Å². The Bertz CT molecular complexity index is 783. The van der Waals surface area contributed by atoms with E-state index in [2.05, 4.69) is 23.5 Å². The zero-order valence-corrected chi connectivity index (χ0v) is 16.5. The first-order valence-electron chi connectivity index (χ1n) is 9.49. The summed E-state index contributed by atoms with van der Waals surface area (Å²) in [5.41, 5.74) is 3.80. The van der Waals surface area contributed by atoms with Gasteiger partial charge in [-0.2, -0.15) is 0 Å². The molecule has 1 aliphatic heterocycles. The highest BCUT2D eigenvalue weighted by Gasteiger charge is 2.25. The number of halogens is 1. The van der Waals surface area contributed by atoms with Crippen LogP contribution >= 0.6 is 22.9 Å². The normalized spacial score (nSPS) is 22.2. The number of amides is 1. The van der Waals surface area contributed by atoms with Gasteiger partial charge < -0.3 is 15.1 Å². The second-order valence-electron chi connectivity index (χ2n) is 7.44. The summed E-state index contributed by atoms with van der Waals surface area (Å²) in [5, 5.41) is 3.09. The zero-order valence-electron chi connectivity index (χ0n) is 14.9. The van der Waals surface area contributed by atoms with Gasteiger partial charge in [-0.05, 0) is 54.7 Å². The molecule has 4 nitrogen and oxygen atoms in total. The molecule has 0 radical (unpaired) electrons. The maximum Gasteiger partial charge on any atom is 0.279 e. The summed E-state index contributed by atoms with van der Waals surface area (Å²) in [4.78, 5) is 16.7. The molecule has 1 aromatic heterocycles. The number of piperazine rings is 1. The molecule has 2 aromatic rings. The van der Waals surface area contributed by atoms with Crippen molar-refractivity contribution >= 4 is 34.5 Å². The number of rotatable bonds is 5. The lowest BCUT2D eigenvalue weighted by atomic mass is 10.1. The van der Waals surface area contributed by atoms with Gasteiger partial charge in [-0.1, -0.05) is 17.7 Å². The topological polar surface area (TPSA) is 38.0 Å². The Hall–Kier alpha value is -1.40. The first kappa shape index (κ1) is 18.0. The molecule has 0 saturated carbocycles. The van der Waals surface area contributed by atoms with Crippen molar-refractivity contribution in [3.8, 4) is 0 Å². The number of hydrogen-bond donors (Lipinski definition) is 3. The highest BCUT2D eigenvalue weighted by molar-refractivity contribution is 7.16. The van der Waals surface area contributed by atoms with E-state index in [-0.39, 0.29) is 5.91 Å². The lowest BCUT2D eigenvalue weighted by Gasteiger charge is -2.29. The molecule has 0 atom stereocenters. The van der Waals surface area contributed by atoms with E-state index >= 15 is 0 Å². The highest BCUT2D eigenvalue weighted by atomic mass is 35.5. The Morgan fingerprint density at radius 3 is 2.58 bits per heavy atom. The smallest absolute Gasteiger partial charge is 0.279 e. The molecule has 2 aliphatic rings. The standard InChI is InChI=1S/C20H24ClN3OS/c21-19-7-6-18(26-19)13-23-8-10-24(11-9-23)14-20(25)22-17-5-4-15-2-1-3-16(15)12-17/h4-7,12H,1-3,8-11,13-14H2,(H,22,25)/p+2. The Morgan fingerprint density at radius 2 is 1.81 bits per heavy atom. The third-order valence-corrected chi connectivity index (χ3v) is 6.74. The van der Waals surface area contributed by atoms with Crippen molar-refractivity contribution in [2.45, 2.75) is 25.8 Å². The van der Waals surface area contributed by atoms with E-state index in [1.165, 1.54) is 33.7 Å². The first-order chi connectivity index (χ1) is 12.7. The van der Waals surface area contributed by atoms with Gasteiger partial charge in [0.15, 0.2) is 6.54 Å². The number of hydrogen-bond acceptors (Lipinski definition) is 2.